The van der Waals surface area contributed by atoms with Gasteiger partial charge in [-0.2, -0.15) is 0 Å². The fraction of sp³-hybridized carbons (Fsp3) is 0.0769. The standard InChI is InChI=1S/C13H11NO2/c1-10(14(15)16)9-12-7-4-6-11-5-2-3-8-13(11)12/h2-8H,1,9H2. The third kappa shape index (κ3) is 1.93. The van der Waals surface area contributed by atoms with E-state index >= 15 is 0 Å². The summed E-state index contributed by atoms with van der Waals surface area (Å²) >= 11 is 0. The van der Waals surface area contributed by atoms with Gasteiger partial charge in [-0.15, -0.1) is 0 Å². The predicted molar refractivity (Wildman–Crippen MR) is 63.8 cm³/mol. The lowest BCUT2D eigenvalue weighted by molar-refractivity contribution is -0.426. The van der Waals surface area contributed by atoms with Crippen molar-refractivity contribution in [1.29, 1.82) is 0 Å². The van der Waals surface area contributed by atoms with Crippen LogP contribution in [-0.4, -0.2) is 4.92 Å². The van der Waals surface area contributed by atoms with Crippen LogP contribution in [0, 0.1) is 10.1 Å². The number of nitro groups is 1. The molecule has 0 fully saturated rings. The molecule has 0 aliphatic heterocycles. The molecule has 0 atom stereocenters. The molecule has 0 aliphatic rings. The molecule has 0 unspecified atom stereocenters. The normalized spacial score (nSPS) is 10.2. The molecule has 0 aromatic heterocycles. The highest BCUT2D eigenvalue weighted by molar-refractivity contribution is 5.85. The lowest BCUT2D eigenvalue weighted by Gasteiger charge is -2.04. The summed E-state index contributed by atoms with van der Waals surface area (Å²) in [6.07, 6.45) is 0.286. The van der Waals surface area contributed by atoms with Crippen LogP contribution in [0.3, 0.4) is 0 Å². The maximum Gasteiger partial charge on any atom is 0.243 e. The number of nitrogens with zero attached hydrogens (tertiary/aromatic N) is 1. The summed E-state index contributed by atoms with van der Waals surface area (Å²) in [6, 6.07) is 13.6. The Bertz CT molecular complexity index is 555. The van der Waals surface area contributed by atoms with Crippen LogP contribution in [0.5, 0.6) is 0 Å². The predicted octanol–water partition coefficient (Wildman–Crippen LogP) is 3.17. The van der Waals surface area contributed by atoms with E-state index in [-0.39, 0.29) is 12.1 Å². The van der Waals surface area contributed by atoms with Crippen molar-refractivity contribution in [3.63, 3.8) is 0 Å². The Morgan fingerprint density at radius 1 is 1.19 bits per heavy atom. The molecule has 0 heterocycles. The van der Waals surface area contributed by atoms with Gasteiger partial charge in [-0.1, -0.05) is 42.5 Å². The zero-order chi connectivity index (χ0) is 11.5. The minimum absolute atomic E-state index is 0.0244. The zero-order valence-corrected chi connectivity index (χ0v) is 8.72. The number of hydrogen-bond acceptors (Lipinski definition) is 2. The van der Waals surface area contributed by atoms with Crippen molar-refractivity contribution in [2.24, 2.45) is 0 Å². The van der Waals surface area contributed by atoms with Crippen molar-refractivity contribution in [3.05, 3.63) is 70.4 Å². The average molecular weight is 213 g/mol. The first-order chi connectivity index (χ1) is 7.68. The highest BCUT2D eigenvalue weighted by atomic mass is 16.6. The molecular formula is C13H11NO2. The molecule has 0 radical (unpaired) electrons. The zero-order valence-electron chi connectivity index (χ0n) is 8.72. The number of fused-ring (bicyclic) bond motifs is 1. The Hall–Kier alpha value is -2.16. The van der Waals surface area contributed by atoms with Gasteiger partial charge in [0.25, 0.3) is 0 Å². The van der Waals surface area contributed by atoms with Crippen LogP contribution < -0.4 is 0 Å². The van der Waals surface area contributed by atoms with E-state index in [0.29, 0.717) is 0 Å². The third-order valence-corrected chi connectivity index (χ3v) is 2.53. The molecule has 16 heavy (non-hydrogen) atoms. The highest BCUT2D eigenvalue weighted by Gasteiger charge is 2.09. The summed E-state index contributed by atoms with van der Waals surface area (Å²) in [7, 11) is 0. The molecule has 0 saturated carbocycles. The second-order valence-electron chi connectivity index (χ2n) is 3.64. The summed E-state index contributed by atoms with van der Waals surface area (Å²) in [5.74, 6) is 0. The quantitative estimate of drug-likeness (QED) is 0.580. The van der Waals surface area contributed by atoms with Crippen molar-refractivity contribution >= 4 is 10.8 Å². The first-order valence-corrected chi connectivity index (χ1v) is 4.97. The maximum atomic E-state index is 10.5. The molecule has 80 valence electrons. The Labute approximate surface area is 93.2 Å². The maximum absolute atomic E-state index is 10.5. The largest absolute Gasteiger partial charge is 0.259 e. The van der Waals surface area contributed by atoms with Crippen LogP contribution in [0.4, 0.5) is 0 Å². The van der Waals surface area contributed by atoms with Crippen LogP contribution in [0.2, 0.25) is 0 Å². The summed E-state index contributed by atoms with van der Waals surface area (Å²) in [4.78, 5) is 10.1. The van der Waals surface area contributed by atoms with Gasteiger partial charge in [0, 0.05) is 0 Å². The molecule has 0 N–H and O–H groups in total. The van der Waals surface area contributed by atoms with E-state index in [0.717, 1.165) is 16.3 Å². The highest BCUT2D eigenvalue weighted by Crippen LogP contribution is 2.20. The fourth-order valence-corrected chi connectivity index (χ4v) is 1.73. The molecule has 0 saturated heterocycles. The average Bonchev–Trinajstić information content (AvgIpc) is 2.29. The summed E-state index contributed by atoms with van der Waals surface area (Å²) < 4.78 is 0. The number of hydrogen-bond donors (Lipinski definition) is 0. The monoisotopic (exact) mass is 213 g/mol. The molecule has 0 amide bonds. The van der Waals surface area contributed by atoms with Gasteiger partial charge in [0.15, 0.2) is 0 Å². The number of benzene rings is 2. The second kappa shape index (κ2) is 4.14. The molecule has 0 aliphatic carbocycles. The van der Waals surface area contributed by atoms with Gasteiger partial charge >= 0.3 is 0 Å². The SMILES string of the molecule is C=C(Cc1cccc2ccccc12)[N+](=O)[O-]. The van der Waals surface area contributed by atoms with Crippen molar-refractivity contribution in [2.45, 2.75) is 6.42 Å². The third-order valence-electron chi connectivity index (χ3n) is 2.53. The van der Waals surface area contributed by atoms with Gasteiger partial charge in [0.05, 0.1) is 11.3 Å². The lowest BCUT2D eigenvalue weighted by Crippen LogP contribution is -2.00. The first kappa shape index (κ1) is 10.4. The van der Waals surface area contributed by atoms with E-state index < -0.39 is 4.92 Å². The van der Waals surface area contributed by atoms with Crippen LogP contribution in [0.1, 0.15) is 5.56 Å². The molecule has 2 aromatic carbocycles. The van der Waals surface area contributed by atoms with Crippen molar-refractivity contribution in [2.75, 3.05) is 0 Å². The second-order valence-corrected chi connectivity index (χ2v) is 3.64. The minimum atomic E-state index is -0.429. The Morgan fingerprint density at radius 3 is 2.62 bits per heavy atom. The minimum Gasteiger partial charge on any atom is -0.259 e. The molecule has 0 bridgehead atoms. The van der Waals surface area contributed by atoms with Crippen LogP contribution in [0.25, 0.3) is 10.8 Å². The van der Waals surface area contributed by atoms with E-state index in [1.807, 2.05) is 42.5 Å². The van der Waals surface area contributed by atoms with Gasteiger partial charge in [0.1, 0.15) is 0 Å². The van der Waals surface area contributed by atoms with Gasteiger partial charge in [0.2, 0.25) is 5.70 Å². The molecule has 0 spiro atoms. The topological polar surface area (TPSA) is 43.1 Å². The van der Waals surface area contributed by atoms with Crippen molar-refractivity contribution < 1.29 is 4.92 Å². The van der Waals surface area contributed by atoms with Crippen LogP contribution >= 0.6 is 0 Å². The van der Waals surface area contributed by atoms with E-state index in [1.165, 1.54) is 0 Å². The first-order valence-electron chi connectivity index (χ1n) is 4.97. The molecule has 3 nitrogen and oxygen atoms in total. The Morgan fingerprint density at radius 2 is 1.88 bits per heavy atom. The van der Waals surface area contributed by atoms with E-state index in [2.05, 4.69) is 6.58 Å². The fourth-order valence-electron chi connectivity index (χ4n) is 1.73. The summed E-state index contributed by atoms with van der Waals surface area (Å²) in [6.45, 7) is 3.46. The van der Waals surface area contributed by atoms with Gasteiger partial charge in [-0.25, -0.2) is 0 Å². The van der Waals surface area contributed by atoms with E-state index in [1.54, 1.807) is 0 Å². The molecule has 3 heteroatoms. The lowest BCUT2D eigenvalue weighted by atomic mass is 10.0. The number of allylic oxidation sites excluding steroid dienone is 1. The molecule has 2 rings (SSSR count). The number of rotatable bonds is 3. The Kier molecular flexibility index (Phi) is 2.68. The molecular weight excluding hydrogens is 202 g/mol. The summed E-state index contributed by atoms with van der Waals surface area (Å²) in [5.41, 5.74) is 0.969. The van der Waals surface area contributed by atoms with Gasteiger partial charge < -0.3 is 0 Å². The molecule has 2 aromatic rings. The van der Waals surface area contributed by atoms with Crippen molar-refractivity contribution in [3.8, 4) is 0 Å². The van der Waals surface area contributed by atoms with E-state index in [9.17, 15) is 10.1 Å². The van der Waals surface area contributed by atoms with E-state index in [4.69, 9.17) is 0 Å². The van der Waals surface area contributed by atoms with Gasteiger partial charge in [-0.3, -0.25) is 10.1 Å². The summed E-state index contributed by atoms with van der Waals surface area (Å²) in [5, 5.41) is 12.7. The smallest absolute Gasteiger partial charge is 0.243 e. The van der Waals surface area contributed by atoms with Crippen molar-refractivity contribution in [1.82, 2.24) is 0 Å². The van der Waals surface area contributed by atoms with Gasteiger partial charge in [-0.05, 0) is 22.9 Å². The Balaban J connectivity index is 2.45. The van der Waals surface area contributed by atoms with Crippen LogP contribution in [-0.2, 0) is 6.42 Å². The van der Waals surface area contributed by atoms with Crippen LogP contribution in [0.15, 0.2) is 54.7 Å².